The van der Waals surface area contributed by atoms with Gasteiger partial charge in [0.1, 0.15) is 11.6 Å². The van der Waals surface area contributed by atoms with E-state index in [0.29, 0.717) is 19.3 Å². The molecule has 5 aliphatic carbocycles. The molecule has 1 saturated heterocycles. The molecule has 0 aromatic rings. The molecule has 5 nitrogen and oxygen atoms in total. The van der Waals surface area contributed by atoms with Gasteiger partial charge in [-0.05, 0) is 43.9 Å². The predicted octanol–water partition coefficient (Wildman–Crippen LogP) is 1.82. The fourth-order valence-corrected chi connectivity index (χ4v) is 6.32. The SMILES string of the molecule is COC(=O)[C@@]12C[C@H]3CC[C@@]1(CC3=O)[C@H]1C(=O)CCC3(CC3)[C@H]1O2. The molecular weight excluding hydrogens is 296 g/mol. The third-order valence-electron chi connectivity index (χ3n) is 7.68. The van der Waals surface area contributed by atoms with Gasteiger partial charge < -0.3 is 9.47 Å². The second-order valence-corrected chi connectivity index (χ2v) is 8.40. The highest BCUT2D eigenvalue weighted by Crippen LogP contribution is 2.72. The first-order valence-electron chi connectivity index (χ1n) is 8.80. The molecule has 6 fully saturated rings. The summed E-state index contributed by atoms with van der Waals surface area (Å²) in [5.41, 5.74) is -1.64. The number of ketones is 2. The minimum Gasteiger partial charge on any atom is -0.467 e. The number of ether oxygens (including phenoxy) is 2. The van der Waals surface area contributed by atoms with Crippen molar-refractivity contribution in [3.05, 3.63) is 0 Å². The van der Waals surface area contributed by atoms with Gasteiger partial charge in [0, 0.05) is 24.2 Å². The molecule has 0 aromatic heterocycles. The highest BCUT2D eigenvalue weighted by molar-refractivity contribution is 5.95. The van der Waals surface area contributed by atoms with Gasteiger partial charge in [0.15, 0.2) is 5.60 Å². The first-order valence-corrected chi connectivity index (χ1v) is 8.80. The van der Waals surface area contributed by atoms with E-state index in [-0.39, 0.29) is 40.9 Å². The minimum absolute atomic E-state index is 0.0762. The Bertz CT molecular complexity index is 635. The molecular formula is C18H22O5. The largest absolute Gasteiger partial charge is 0.467 e. The van der Waals surface area contributed by atoms with Gasteiger partial charge in [0.25, 0.3) is 0 Å². The van der Waals surface area contributed by atoms with Crippen LogP contribution >= 0.6 is 0 Å². The molecule has 5 saturated carbocycles. The van der Waals surface area contributed by atoms with Crippen molar-refractivity contribution in [2.75, 3.05) is 7.11 Å². The number of rotatable bonds is 1. The van der Waals surface area contributed by atoms with Crippen LogP contribution in [0.5, 0.6) is 0 Å². The monoisotopic (exact) mass is 318 g/mol. The van der Waals surface area contributed by atoms with Crippen molar-refractivity contribution >= 4 is 17.5 Å². The van der Waals surface area contributed by atoms with E-state index in [1.165, 1.54) is 7.11 Å². The molecule has 6 rings (SSSR count). The Morgan fingerprint density at radius 2 is 1.96 bits per heavy atom. The van der Waals surface area contributed by atoms with Crippen LogP contribution in [0.1, 0.15) is 51.4 Å². The number of Topliss-reactive ketones (excluding diaryl/α,β-unsaturated/α-hetero) is 2. The van der Waals surface area contributed by atoms with E-state index in [2.05, 4.69) is 0 Å². The van der Waals surface area contributed by atoms with Crippen LogP contribution in [0.4, 0.5) is 0 Å². The molecule has 0 unspecified atom stereocenters. The normalized spacial score (nSPS) is 49.0. The molecule has 1 heterocycles. The number of carbonyl (C=O) groups excluding carboxylic acids is 3. The van der Waals surface area contributed by atoms with E-state index in [9.17, 15) is 14.4 Å². The van der Waals surface area contributed by atoms with Crippen LogP contribution in [0.15, 0.2) is 0 Å². The minimum atomic E-state index is -1.07. The van der Waals surface area contributed by atoms with Crippen LogP contribution in [0.25, 0.3) is 0 Å². The van der Waals surface area contributed by atoms with Gasteiger partial charge in [0.05, 0.1) is 19.1 Å². The highest BCUT2D eigenvalue weighted by atomic mass is 16.6. The van der Waals surface area contributed by atoms with Crippen LogP contribution < -0.4 is 0 Å². The van der Waals surface area contributed by atoms with E-state index >= 15 is 0 Å². The lowest BCUT2D eigenvalue weighted by Crippen LogP contribution is -2.64. The molecule has 0 amide bonds. The molecule has 6 aliphatic rings. The molecule has 2 bridgehead atoms. The number of hydrogen-bond donors (Lipinski definition) is 0. The van der Waals surface area contributed by atoms with Crippen molar-refractivity contribution < 1.29 is 23.9 Å². The lowest BCUT2D eigenvalue weighted by atomic mass is 9.47. The van der Waals surface area contributed by atoms with Gasteiger partial charge in [-0.2, -0.15) is 0 Å². The van der Waals surface area contributed by atoms with Crippen LogP contribution in [0, 0.1) is 22.7 Å². The summed E-state index contributed by atoms with van der Waals surface area (Å²) in [7, 11) is 1.38. The molecule has 0 radical (unpaired) electrons. The molecule has 1 aliphatic heterocycles. The van der Waals surface area contributed by atoms with E-state index < -0.39 is 11.0 Å². The topological polar surface area (TPSA) is 69.7 Å². The molecule has 0 N–H and O–H groups in total. The number of esters is 1. The summed E-state index contributed by atoms with van der Waals surface area (Å²) in [6.45, 7) is 0. The van der Waals surface area contributed by atoms with E-state index in [4.69, 9.17) is 9.47 Å². The number of methoxy groups -OCH3 is 1. The number of hydrogen-bond acceptors (Lipinski definition) is 5. The molecule has 5 heteroatoms. The predicted molar refractivity (Wildman–Crippen MR) is 78.4 cm³/mol. The maximum atomic E-state index is 12.8. The van der Waals surface area contributed by atoms with Gasteiger partial charge in [-0.1, -0.05) is 0 Å². The van der Waals surface area contributed by atoms with Gasteiger partial charge in [0.2, 0.25) is 0 Å². The Hall–Kier alpha value is -1.23. The lowest BCUT2D eigenvalue weighted by molar-refractivity contribution is -0.200. The lowest BCUT2D eigenvalue weighted by Gasteiger charge is -2.54. The number of fused-ring (bicyclic) bond motifs is 4. The highest BCUT2D eigenvalue weighted by Gasteiger charge is 2.79. The zero-order valence-electron chi connectivity index (χ0n) is 13.4. The molecule has 0 aromatic carbocycles. The van der Waals surface area contributed by atoms with Crippen LogP contribution in [-0.4, -0.2) is 36.4 Å². The second kappa shape index (κ2) is 4.05. The van der Waals surface area contributed by atoms with Gasteiger partial charge >= 0.3 is 5.97 Å². The fourth-order valence-electron chi connectivity index (χ4n) is 6.32. The maximum Gasteiger partial charge on any atom is 0.338 e. The zero-order valence-corrected chi connectivity index (χ0v) is 13.4. The molecule has 5 atom stereocenters. The van der Waals surface area contributed by atoms with Crippen molar-refractivity contribution in [1.82, 2.24) is 0 Å². The van der Waals surface area contributed by atoms with Crippen molar-refractivity contribution in [2.45, 2.75) is 63.1 Å². The Kier molecular flexibility index (Phi) is 2.49. The third kappa shape index (κ3) is 1.42. The summed E-state index contributed by atoms with van der Waals surface area (Å²) in [6, 6.07) is 0. The molecule has 23 heavy (non-hydrogen) atoms. The van der Waals surface area contributed by atoms with Gasteiger partial charge in [-0.15, -0.1) is 0 Å². The molecule has 2 spiro atoms. The zero-order chi connectivity index (χ0) is 16.0. The summed E-state index contributed by atoms with van der Waals surface area (Å²) >= 11 is 0. The van der Waals surface area contributed by atoms with Crippen LogP contribution in [0.2, 0.25) is 0 Å². The van der Waals surface area contributed by atoms with Gasteiger partial charge in [-0.3, -0.25) is 9.59 Å². The average Bonchev–Trinajstić information content (AvgIpc) is 3.25. The smallest absolute Gasteiger partial charge is 0.338 e. The average molecular weight is 318 g/mol. The Morgan fingerprint density at radius 3 is 2.61 bits per heavy atom. The standard InChI is InChI=1S/C18H22O5/c1-22-15(21)18-8-10-2-5-17(18,9-12(10)20)13-11(19)3-4-16(6-7-16)14(13)23-18/h10,13-14H,2-9H2,1H3/t10-,13+,14+,17-,18+/m1/s1. The van der Waals surface area contributed by atoms with E-state index in [1.807, 2.05) is 0 Å². The summed E-state index contributed by atoms with van der Waals surface area (Å²) in [5, 5.41) is 0. The van der Waals surface area contributed by atoms with Crippen LogP contribution in [-0.2, 0) is 23.9 Å². The second-order valence-electron chi connectivity index (χ2n) is 8.40. The van der Waals surface area contributed by atoms with E-state index in [0.717, 1.165) is 32.1 Å². The summed E-state index contributed by atoms with van der Waals surface area (Å²) in [5.74, 6) is -0.355. The third-order valence-corrected chi connectivity index (χ3v) is 7.68. The van der Waals surface area contributed by atoms with Crippen molar-refractivity contribution in [3.8, 4) is 0 Å². The first kappa shape index (κ1) is 14.1. The van der Waals surface area contributed by atoms with Crippen LogP contribution in [0.3, 0.4) is 0 Å². The maximum absolute atomic E-state index is 12.8. The fraction of sp³-hybridized carbons (Fsp3) is 0.833. The summed E-state index contributed by atoms with van der Waals surface area (Å²) in [4.78, 5) is 38.1. The van der Waals surface area contributed by atoms with Crippen molar-refractivity contribution in [2.24, 2.45) is 22.7 Å². The van der Waals surface area contributed by atoms with E-state index in [1.54, 1.807) is 0 Å². The first-order chi connectivity index (χ1) is 11.0. The summed E-state index contributed by atoms with van der Waals surface area (Å²) in [6.07, 6.45) is 5.65. The number of carbonyl (C=O) groups is 3. The summed E-state index contributed by atoms with van der Waals surface area (Å²) < 4.78 is 11.6. The van der Waals surface area contributed by atoms with Crippen molar-refractivity contribution in [3.63, 3.8) is 0 Å². The molecule has 124 valence electrons. The van der Waals surface area contributed by atoms with Crippen molar-refractivity contribution in [1.29, 1.82) is 0 Å². The quantitative estimate of drug-likeness (QED) is 0.690. The Balaban J connectivity index is 1.70. The Morgan fingerprint density at radius 1 is 1.17 bits per heavy atom. The van der Waals surface area contributed by atoms with Gasteiger partial charge in [-0.25, -0.2) is 4.79 Å². The Labute approximate surface area is 135 Å².